The highest BCUT2D eigenvalue weighted by Gasteiger charge is 2.45. The smallest absolute Gasteiger partial charge is 0.307 e. The highest BCUT2D eigenvalue weighted by molar-refractivity contribution is 5.82. The van der Waals surface area contributed by atoms with Gasteiger partial charge in [-0.15, -0.1) is 0 Å². The van der Waals surface area contributed by atoms with E-state index in [0.29, 0.717) is 13.0 Å². The van der Waals surface area contributed by atoms with Crippen molar-refractivity contribution in [2.75, 3.05) is 19.8 Å². The molecule has 0 aliphatic carbocycles. The number of ether oxygens (including phenoxy) is 3. The lowest BCUT2D eigenvalue weighted by atomic mass is 9.85. The van der Waals surface area contributed by atoms with E-state index in [0.717, 1.165) is 31.2 Å². The van der Waals surface area contributed by atoms with E-state index in [-0.39, 0.29) is 31.4 Å². The summed E-state index contributed by atoms with van der Waals surface area (Å²) in [5.41, 5.74) is 0.383. The molecule has 2 atom stereocenters. The Morgan fingerprint density at radius 1 is 0.870 bits per heavy atom. The summed E-state index contributed by atoms with van der Waals surface area (Å²) in [6, 6.07) is 9.10. The molecule has 0 aromatic heterocycles. The molecule has 0 saturated carbocycles. The first kappa shape index (κ1) is 39.5. The Bertz CT molecular complexity index is 1040. The van der Waals surface area contributed by atoms with E-state index in [1.807, 2.05) is 44.2 Å². The number of carbonyl (C=O) groups is 3. The van der Waals surface area contributed by atoms with Crippen molar-refractivity contribution in [2.24, 2.45) is 5.41 Å². The van der Waals surface area contributed by atoms with E-state index in [1.165, 1.54) is 57.8 Å². The van der Waals surface area contributed by atoms with Crippen LogP contribution < -0.4 is 10.6 Å². The molecule has 1 heterocycles. The van der Waals surface area contributed by atoms with E-state index in [1.54, 1.807) is 13.8 Å². The van der Waals surface area contributed by atoms with Crippen LogP contribution in [-0.4, -0.2) is 49.4 Å². The molecule has 8 heteroatoms. The van der Waals surface area contributed by atoms with Gasteiger partial charge in [-0.3, -0.25) is 14.4 Å². The minimum atomic E-state index is -0.850. The molecule has 260 valence electrons. The van der Waals surface area contributed by atoms with E-state index >= 15 is 0 Å². The van der Waals surface area contributed by atoms with Crippen molar-refractivity contribution in [3.63, 3.8) is 0 Å². The van der Waals surface area contributed by atoms with Gasteiger partial charge in [-0.2, -0.15) is 0 Å². The Labute approximate surface area is 278 Å². The quantitative estimate of drug-likeness (QED) is 0.0710. The largest absolute Gasteiger partial charge is 0.463 e. The molecule has 1 fully saturated rings. The minimum absolute atomic E-state index is 0.0170. The van der Waals surface area contributed by atoms with Gasteiger partial charge >= 0.3 is 5.97 Å². The molecule has 1 aliphatic heterocycles. The molecule has 1 unspecified atom stereocenters. The number of hydrogen-bond acceptors (Lipinski definition) is 6. The summed E-state index contributed by atoms with van der Waals surface area (Å²) in [6.07, 6.45) is 20.2. The van der Waals surface area contributed by atoms with Crippen molar-refractivity contribution in [3.8, 4) is 0 Å². The lowest BCUT2D eigenvalue weighted by molar-refractivity contribution is -0.304. The fraction of sp³-hybridized carbons (Fsp3) is 0.711. The van der Waals surface area contributed by atoms with Crippen LogP contribution in [0, 0.1) is 5.41 Å². The molecule has 2 N–H and O–H groups in total. The van der Waals surface area contributed by atoms with Gasteiger partial charge in [0.25, 0.3) is 0 Å². The molecular formula is C38H62N2O6. The number of amides is 2. The predicted octanol–water partition coefficient (Wildman–Crippen LogP) is 8.11. The number of esters is 1. The standard InChI is InChI=1S/C38H62N2O6/c1-6-7-8-9-10-11-12-13-14-15-16-17-18-19-23-26-33(41)40-32(31-24-21-20-22-25-31)29-44-34(42)27-28-39-36(43)35-37(2,3)30-45-38(4,5)46-35/h13-14,20-22,24-25,32,35H,6-12,15-19,23,26-30H2,1-5H3,(H,39,43)(H,40,41)/b14-13-/t32-,35?/m0/s1. The van der Waals surface area contributed by atoms with E-state index < -0.39 is 29.3 Å². The van der Waals surface area contributed by atoms with Crippen molar-refractivity contribution >= 4 is 17.8 Å². The monoisotopic (exact) mass is 642 g/mol. The Hall–Kier alpha value is -2.71. The average Bonchev–Trinajstić information content (AvgIpc) is 3.02. The number of benzene rings is 1. The zero-order chi connectivity index (χ0) is 33.7. The molecule has 1 aliphatic rings. The summed E-state index contributed by atoms with van der Waals surface area (Å²) in [5, 5.41) is 5.85. The van der Waals surface area contributed by atoms with Crippen LogP contribution in [0.3, 0.4) is 0 Å². The molecular weight excluding hydrogens is 580 g/mol. The lowest BCUT2D eigenvalue weighted by Gasteiger charge is -2.44. The van der Waals surface area contributed by atoms with E-state index in [4.69, 9.17) is 14.2 Å². The Balaban J connectivity index is 1.63. The van der Waals surface area contributed by atoms with Crippen LogP contribution >= 0.6 is 0 Å². The third-order valence-corrected chi connectivity index (χ3v) is 8.38. The van der Waals surface area contributed by atoms with E-state index in [2.05, 4.69) is 29.7 Å². The molecule has 46 heavy (non-hydrogen) atoms. The number of allylic oxidation sites excluding steroid dienone is 2. The molecule has 8 nitrogen and oxygen atoms in total. The second-order valence-electron chi connectivity index (χ2n) is 13.8. The maximum atomic E-state index is 12.8. The van der Waals surface area contributed by atoms with Crippen molar-refractivity contribution in [3.05, 3.63) is 48.0 Å². The van der Waals surface area contributed by atoms with Crippen LogP contribution in [-0.2, 0) is 28.6 Å². The summed E-state index contributed by atoms with van der Waals surface area (Å²) in [7, 11) is 0. The molecule has 1 aromatic carbocycles. The molecule has 1 aromatic rings. The Kier molecular flexibility index (Phi) is 18.8. The van der Waals surface area contributed by atoms with Gasteiger partial charge in [0.2, 0.25) is 11.8 Å². The van der Waals surface area contributed by atoms with Crippen LogP contribution in [0.5, 0.6) is 0 Å². The lowest BCUT2D eigenvalue weighted by Crippen LogP contribution is -2.56. The van der Waals surface area contributed by atoms with Gasteiger partial charge < -0.3 is 24.8 Å². The van der Waals surface area contributed by atoms with Crippen LogP contribution in [0.25, 0.3) is 0 Å². The molecule has 0 spiro atoms. The number of hydrogen-bond donors (Lipinski definition) is 2. The van der Waals surface area contributed by atoms with Crippen LogP contribution in [0.2, 0.25) is 0 Å². The molecule has 0 radical (unpaired) electrons. The highest BCUT2D eigenvalue weighted by Crippen LogP contribution is 2.34. The van der Waals surface area contributed by atoms with Gasteiger partial charge in [0.05, 0.1) is 19.1 Å². The molecule has 2 rings (SSSR count). The predicted molar refractivity (Wildman–Crippen MR) is 184 cm³/mol. The van der Waals surface area contributed by atoms with Gasteiger partial charge in [0.1, 0.15) is 12.7 Å². The number of unbranched alkanes of at least 4 members (excludes halogenated alkanes) is 11. The maximum absolute atomic E-state index is 12.8. The Morgan fingerprint density at radius 3 is 2.13 bits per heavy atom. The maximum Gasteiger partial charge on any atom is 0.307 e. The topological polar surface area (TPSA) is 103 Å². The van der Waals surface area contributed by atoms with Crippen molar-refractivity contribution < 1.29 is 28.6 Å². The first-order valence-electron chi connectivity index (χ1n) is 17.8. The fourth-order valence-electron chi connectivity index (χ4n) is 5.48. The Morgan fingerprint density at radius 2 is 1.48 bits per heavy atom. The molecule has 1 saturated heterocycles. The van der Waals surface area contributed by atoms with Gasteiger partial charge in [-0.25, -0.2) is 0 Å². The summed E-state index contributed by atoms with van der Waals surface area (Å²) < 4.78 is 17.1. The second-order valence-corrected chi connectivity index (χ2v) is 13.8. The van der Waals surface area contributed by atoms with Crippen LogP contribution in [0.4, 0.5) is 0 Å². The van der Waals surface area contributed by atoms with Crippen LogP contribution in [0.15, 0.2) is 42.5 Å². The highest BCUT2D eigenvalue weighted by atomic mass is 16.7. The summed E-state index contributed by atoms with van der Waals surface area (Å²) in [6.45, 7) is 10.2. The first-order chi connectivity index (χ1) is 22.0. The van der Waals surface area contributed by atoms with Crippen molar-refractivity contribution in [1.82, 2.24) is 10.6 Å². The van der Waals surface area contributed by atoms with Gasteiger partial charge in [0.15, 0.2) is 5.79 Å². The first-order valence-corrected chi connectivity index (χ1v) is 17.8. The average molecular weight is 643 g/mol. The summed E-state index contributed by atoms with van der Waals surface area (Å²) in [4.78, 5) is 38.1. The molecule has 2 amide bonds. The van der Waals surface area contributed by atoms with Crippen molar-refractivity contribution in [2.45, 2.75) is 149 Å². The van der Waals surface area contributed by atoms with Crippen LogP contribution in [0.1, 0.15) is 143 Å². The summed E-state index contributed by atoms with van der Waals surface area (Å²) in [5.74, 6) is -1.62. The second kappa shape index (κ2) is 22.0. The van der Waals surface area contributed by atoms with Gasteiger partial charge in [-0.05, 0) is 51.5 Å². The normalized spacial score (nSPS) is 17.8. The zero-order valence-corrected chi connectivity index (χ0v) is 29.4. The van der Waals surface area contributed by atoms with Crippen molar-refractivity contribution in [1.29, 1.82) is 0 Å². The summed E-state index contributed by atoms with van der Waals surface area (Å²) >= 11 is 0. The third kappa shape index (κ3) is 16.7. The molecule has 0 bridgehead atoms. The van der Waals surface area contributed by atoms with Gasteiger partial charge in [0, 0.05) is 18.4 Å². The number of rotatable bonds is 23. The number of carbonyl (C=O) groups excluding carboxylic acids is 3. The fourth-order valence-corrected chi connectivity index (χ4v) is 5.48. The minimum Gasteiger partial charge on any atom is -0.463 e. The SMILES string of the molecule is CCCCCCCC/C=C\CCCCCCCC(=O)N[C@@H](COC(=O)CCNC(=O)C1OC(C)(C)OCC1(C)C)c1ccccc1. The number of nitrogens with one attached hydrogen (secondary N) is 2. The van der Waals surface area contributed by atoms with E-state index in [9.17, 15) is 14.4 Å². The third-order valence-electron chi connectivity index (χ3n) is 8.38. The zero-order valence-electron chi connectivity index (χ0n) is 29.4. The van der Waals surface area contributed by atoms with Gasteiger partial charge in [-0.1, -0.05) is 115 Å².